The second-order valence-electron chi connectivity index (χ2n) is 10.5. The number of rotatable bonds is 10. The summed E-state index contributed by atoms with van der Waals surface area (Å²) in [4.78, 5) is 13.0. The van der Waals surface area contributed by atoms with Crippen LogP contribution in [0.5, 0.6) is 11.5 Å². The molecule has 0 unspecified atom stereocenters. The van der Waals surface area contributed by atoms with Gasteiger partial charge in [0.1, 0.15) is 17.1 Å². The van der Waals surface area contributed by atoms with Crippen molar-refractivity contribution in [2.75, 3.05) is 28.4 Å². The highest BCUT2D eigenvalue weighted by Gasteiger charge is 2.40. The highest BCUT2D eigenvalue weighted by molar-refractivity contribution is 6.74. The molecule has 0 atom stereocenters. The van der Waals surface area contributed by atoms with Crippen molar-refractivity contribution >= 4 is 14.3 Å². The van der Waals surface area contributed by atoms with Gasteiger partial charge in [-0.15, -0.1) is 0 Å². The Morgan fingerprint density at radius 2 is 1.49 bits per heavy atom. The zero-order valence-electron chi connectivity index (χ0n) is 23.3. The first-order valence-electron chi connectivity index (χ1n) is 11.9. The smallest absolute Gasteiger partial charge is 0.345 e. The van der Waals surface area contributed by atoms with Crippen LogP contribution in [0.1, 0.15) is 64.5 Å². The molecule has 0 aliphatic rings. The van der Waals surface area contributed by atoms with Crippen LogP contribution in [0.2, 0.25) is 18.1 Å². The lowest BCUT2D eigenvalue weighted by atomic mass is 9.90. The number of carbonyl (C=O) groups excluding carboxylic acids is 1. The normalized spacial score (nSPS) is 12.0. The lowest BCUT2D eigenvalue weighted by molar-refractivity contribution is 0.0594. The van der Waals surface area contributed by atoms with Crippen molar-refractivity contribution in [3.05, 3.63) is 57.1 Å². The van der Waals surface area contributed by atoms with E-state index in [1.807, 2.05) is 13.0 Å². The van der Waals surface area contributed by atoms with E-state index in [0.717, 1.165) is 33.4 Å². The molecule has 0 fully saturated rings. The van der Waals surface area contributed by atoms with Crippen molar-refractivity contribution in [1.29, 1.82) is 0 Å². The molecule has 35 heavy (non-hydrogen) atoms. The molecule has 7 heteroatoms. The molecular formula is C28H42O6Si. The van der Waals surface area contributed by atoms with Crippen LogP contribution in [-0.4, -0.2) is 42.7 Å². The molecule has 0 saturated carbocycles. The van der Waals surface area contributed by atoms with Crippen LogP contribution in [0.15, 0.2) is 18.2 Å². The summed E-state index contributed by atoms with van der Waals surface area (Å²) in [7, 11) is 4.13. The molecule has 2 aromatic rings. The maximum Gasteiger partial charge on any atom is 0.345 e. The molecule has 0 bridgehead atoms. The van der Waals surface area contributed by atoms with Crippen LogP contribution in [0.25, 0.3) is 0 Å². The van der Waals surface area contributed by atoms with E-state index in [1.165, 1.54) is 7.11 Å². The predicted octanol–water partition coefficient (Wildman–Crippen LogP) is 6.37. The lowest BCUT2D eigenvalue weighted by Crippen LogP contribution is -2.44. The molecule has 0 aliphatic heterocycles. The van der Waals surface area contributed by atoms with Crippen molar-refractivity contribution in [3.63, 3.8) is 0 Å². The largest absolute Gasteiger partial charge is 0.543 e. The highest BCUT2D eigenvalue weighted by atomic mass is 28.4. The minimum absolute atomic E-state index is 0.0314. The minimum Gasteiger partial charge on any atom is -0.543 e. The molecule has 0 heterocycles. The van der Waals surface area contributed by atoms with Gasteiger partial charge in [-0.1, -0.05) is 32.9 Å². The fourth-order valence-electron chi connectivity index (χ4n) is 3.98. The van der Waals surface area contributed by atoms with E-state index in [4.69, 9.17) is 23.4 Å². The van der Waals surface area contributed by atoms with Gasteiger partial charge in [-0.3, -0.25) is 0 Å². The molecule has 6 nitrogen and oxygen atoms in total. The van der Waals surface area contributed by atoms with Gasteiger partial charge in [0.25, 0.3) is 8.32 Å². The van der Waals surface area contributed by atoms with Gasteiger partial charge < -0.3 is 23.4 Å². The van der Waals surface area contributed by atoms with Crippen LogP contribution in [0.4, 0.5) is 0 Å². The van der Waals surface area contributed by atoms with Gasteiger partial charge in [-0.2, -0.15) is 0 Å². The van der Waals surface area contributed by atoms with Crippen molar-refractivity contribution in [2.45, 2.75) is 72.4 Å². The van der Waals surface area contributed by atoms with Gasteiger partial charge in [-0.05, 0) is 65.9 Å². The maximum absolute atomic E-state index is 13.0. The standard InChI is InChI=1S/C28H42O6Si/c1-18-12-20(16-30-6)14-21(17-31-7)22(18)15-23-19(2)13-24(34-35(10,11)28(3,4)5)25(26(23)32-8)27(29)33-9/h12-14H,15-17H2,1-11H3. The number of aryl methyl sites for hydroxylation is 2. The topological polar surface area (TPSA) is 63.2 Å². The number of hydrogen-bond donors (Lipinski definition) is 0. The van der Waals surface area contributed by atoms with E-state index in [1.54, 1.807) is 21.3 Å². The first-order chi connectivity index (χ1) is 16.3. The highest BCUT2D eigenvalue weighted by Crippen LogP contribution is 2.43. The molecule has 0 N–H and O–H groups in total. The van der Waals surface area contributed by atoms with Gasteiger partial charge >= 0.3 is 5.97 Å². The molecular weight excluding hydrogens is 460 g/mol. The maximum atomic E-state index is 13.0. The average Bonchev–Trinajstić information content (AvgIpc) is 2.75. The van der Waals surface area contributed by atoms with E-state index in [2.05, 4.69) is 52.9 Å². The monoisotopic (exact) mass is 502 g/mol. The summed E-state index contributed by atoms with van der Waals surface area (Å²) in [5.74, 6) is 0.543. The number of esters is 1. The van der Waals surface area contributed by atoms with Crippen LogP contribution < -0.4 is 9.16 Å². The summed E-state index contributed by atoms with van der Waals surface area (Å²) in [5, 5.41) is -0.0314. The molecule has 0 spiro atoms. The molecule has 0 aliphatic carbocycles. The van der Waals surface area contributed by atoms with Gasteiger partial charge in [0, 0.05) is 26.2 Å². The summed E-state index contributed by atoms with van der Waals surface area (Å²) in [6.45, 7) is 16.0. The molecule has 194 valence electrons. The summed E-state index contributed by atoms with van der Waals surface area (Å²) in [5.41, 5.74) is 6.71. The summed E-state index contributed by atoms with van der Waals surface area (Å²) < 4.78 is 28.5. The third-order valence-corrected chi connectivity index (χ3v) is 11.3. The summed E-state index contributed by atoms with van der Waals surface area (Å²) in [6, 6.07) is 6.21. The third kappa shape index (κ3) is 6.45. The SMILES string of the molecule is COCc1cc(C)c(Cc2c(C)cc(O[Si](C)(C)C(C)(C)C)c(C(=O)OC)c2OC)c(COC)c1. The summed E-state index contributed by atoms with van der Waals surface area (Å²) >= 11 is 0. The molecule has 2 aromatic carbocycles. The van der Waals surface area contributed by atoms with Crippen molar-refractivity contribution < 1.29 is 28.2 Å². The van der Waals surface area contributed by atoms with Gasteiger partial charge in [0.2, 0.25) is 0 Å². The van der Waals surface area contributed by atoms with Crippen LogP contribution in [0.3, 0.4) is 0 Å². The fraction of sp³-hybridized carbons (Fsp3) is 0.536. The Balaban J connectivity index is 2.72. The second-order valence-corrected chi connectivity index (χ2v) is 15.3. The van der Waals surface area contributed by atoms with Crippen molar-refractivity contribution in [2.24, 2.45) is 0 Å². The number of carbonyl (C=O) groups is 1. The number of methoxy groups -OCH3 is 4. The quantitative estimate of drug-likeness (QED) is 0.278. The molecule has 2 rings (SSSR count). The lowest BCUT2D eigenvalue weighted by Gasteiger charge is -2.37. The first kappa shape index (κ1) is 28.9. The zero-order valence-corrected chi connectivity index (χ0v) is 24.3. The Morgan fingerprint density at radius 1 is 0.886 bits per heavy atom. The van der Waals surface area contributed by atoms with Crippen LogP contribution in [0, 0.1) is 13.8 Å². The number of hydrogen-bond acceptors (Lipinski definition) is 6. The van der Waals surface area contributed by atoms with Crippen molar-refractivity contribution in [1.82, 2.24) is 0 Å². The average molecular weight is 503 g/mol. The Labute approximate surface area is 212 Å². The summed E-state index contributed by atoms with van der Waals surface area (Å²) in [6.07, 6.45) is 0.581. The van der Waals surface area contributed by atoms with Gasteiger partial charge in [0.15, 0.2) is 0 Å². The molecule has 0 saturated heterocycles. The van der Waals surface area contributed by atoms with E-state index < -0.39 is 14.3 Å². The minimum atomic E-state index is -2.22. The van der Waals surface area contributed by atoms with Crippen molar-refractivity contribution in [3.8, 4) is 11.5 Å². The number of ether oxygens (including phenoxy) is 4. The zero-order chi connectivity index (χ0) is 26.6. The van der Waals surface area contributed by atoms with Gasteiger partial charge in [0.05, 0.1) is 27.4 Å². The fourth-order valence-corrected chi connectivity index (χ4v) is 5.00. The van der Waals surface area contributed by atoms with Crippen LogP contribution >= 0.6 is 0 Å². The van der Waals surface area contributed by atoms with E-state index in [0.29, 0.717) is 36.7 Å². The first-order valence-corrected chi connectivity index (χ1v) is 14.8. The molecule has 0 aromatic heterocycles. The van der Waals surface area contributed by atoms with Crippen LogP contribution in [-0.2, 0) is 33.8 Å². The van der Waals surface area contributed by atoms with E-state index >= 15 is 0 Å². The number of benzene rings is 2. The Bertz CT molecular complexity index is 1050. The van der Waals surface area contributed by atoms with E-state index in [9.17, 15) is 4.79 Å². The molecule has 0 radical (unpaired) electrons. The Morgan fingerprint density at radius 3 is 2.00 bits per heavy atom. The predicted molar refractivity (Wildman–Crippen MR) is 142 cm³/mol. The Kier molecular flexibility index (Phi) is 9.56. The van der Waals surface area contributed by atoms with Gasteiger partial charge in [-0.25, -0.2) is 4.79 Å². The third-order valence-electron chi connectivity index (χ3n) is 6.93. The Hall–Kier alpha value is -2.35. The molecule has 0 amide bonds. The van der Waals surface area contributed by atoms with E-state index in [-0.39, 0.29) is 5.04 Å². The second kappa shape index (κ2) is 11.6.